The number of hydrogen-bond donors (Lipinski definition) is 1. The largest absolute Gasteiger partial charge is 0.497 e. The van der Waals surface area contributed by atoms with Crippen LogP contribution in [0.1, 0.15) is 19.8 Å². The Balaban J connectivity index is 0.000000536. The number of nitrogens with one attached hydrogen (secondary N) is 1. The number of pyridine rings is 1. The van der Waals surface area contributed by atoms with E-state index >= 15 is 0 Å². The molecule has 0 amide bonds. The molecular weight excluding hydrogens is 391 g/mol. The predicted octanol–water partition coefficient (Wildman–Crippen LogP) is 5.03. The van der Waals surface area contributed by atoms with Gasteiger partial charge >= 0.3 is 0 Å². The minimum Gasteiger partial charge on any atom is -0.497 e. The predicted molar refractivity (Wildman–Crippen MR) is 116 cm³/mol. The maximum Gasteiger partial charge on any atom is 0.187 e. The van der Waals surface area contributed by atoms with Crippen molar-refractivity contribution >= 4 is 28.5 Å². The zero-order chi connectivity index (χ0) is 21.0. The van der Waals surface area contributed by atoms with Gasteiger partial charge < -0.3 is 14.8 Å². The third-order valence-electron chi connectivity index (χ3n) is 4.57. The Morgan fingerprint density at radius 3 is 2.41 bits per heavy atom. The highest BCUT2D eigenvalue weighted by Crippen LogP contribution is 2.35. The van der Waals surface area contributed by atoms with Crippen LogP contribution in [0.15, 0.2) is 29.6 Å². The second kappa shape index (κ2) is 9.26. The molecule has 3 aromatic rings. The summed E-state index contributed by atoms with van der Waals surface area (Å²) in [6, 6.07) is 4.83. The fourth-order valence-corrected chi connectivity index (χ4v) is 2.97. The molecule has 0 atom stereocenters. The maximum absolute atomic E-state index is 14.8. The van der Waals surface area contributed by atoms with Gasteiger partial charge in [0.1, 0.15) is 11.3 Å². The molecule has 0 bridgehead atoms. The Morgan fingerprint density at radius 1 is 1.14 bits per heavy atom. The third-order valence-corrected chi connectivity index (χ3v) is 5.14. The van der Waals surface area contributed by atoms with E-state index in [1.54, 1.807) is 25.4 Å². The molecule has 1 N–H and O–H groups in total. The Hall–Kier alpha value is -2.61. The van der Waals surface area contributed by atoms with Gasteiger partial charge in [0.25, 0.3) is 0 Å². The molecule has 0 spiro atoms. The molecule has 0 radical (unpaired) electrons. The van der Waals surface area contributed by atoms with Crippen molar-refractivity contribution in [3.63, 3.8) is 0 Å². The minimum absolute atomic E-state index is 0.0937. The molecular formula is C21H25FN4O2S. The number of rotatable bonds is 5. The normalized spacial score (nSPS) is 12.9. The van der Waals surface area contributed by atoms with Gasteiger partial charge in [-0.05, 0) is 24.3 Å². The van der Waals surface area contributed by atoms with Crippen molar-refractivity contribution in [2.45, 2.75) is 24.9 Å². The van der Waals surface area contributed by atoms with Crippen molar-refractivity contribution in [2.24, 2.45) is 5.92 Å². The van der Waals surface area contributed by atoms with Crippen molar-refractivity contribution in [3.8, 4) is 22.8 Å². The van der Waals surface area contributed by atoms with Crippen LogP contribution in [0.25, 0.3) is 22.2 Å². The molecule has 0 aliphatic heterocycles. The van der Waals surface area contributed by atoms with E-state index in [0.717, 1.165) is 11.3 Å². The van der Waals surface area contributed by atoms with Crippen LogP contribution in [0.5, 0.6) is 11.5 Å². The van der Waals surface area contributed by atoms with Gasteiger partial charge in [-0.25, -0.2) is 19.3 Å². The number of halogens is 1. The summed E-state index contributed by atoms with van der Waals surface area (Å²) < 4.78 is 25.1. The summed E-state index contributed by atoms with van der Waals surface area (Å²) in [5.74, 6) is 1.71. The Kier molecular flexibility index (Phi) is 6.74. The summed E-state index contributed by atoms with van der Waals surface area (Å²) in [4.78, 5) is 13.3. The molecule has 1 aliphatic carbocycles. The van der Waals surface area contributed by atoms with Crippen molar-refractivity contribution in [3.05, 3.63) is 30.2 Å². The van der Waals surface area contributed by atoms with Crippen LogP contribution in [0.4, 0.5) is 10.2 Å². The first-order chi connectivity index (χ1) is 14.0. The summed E-state index contributed by atoms with van der Waals surface area (Å²) in [5, 5.41) is 4.42. The van der Waals surface area contributed by atoms with Gasteiger partial charge in [-0.2, -0.15) is 0 Å². The van der Waals surface area contributed by atoms with Crippen molar-refractivity contribution in [2.75, 3.05) is 32.8 Å². The zero-order valence-electron chi connectivity index (χ0n) is 17.2. The summed E-state index contributed by atoms with van der Waals surface area (Å²) >= 11 is 1.44. The van der Waals surface area contributed by atoms with Crippen molar-refractivity contribution < 1.29 is 13.9 Å². The lowest BCUT2D eigenvalue weighted by atomic mass is 10.1. The van der Waals surface area contributed by atoms with E-state index in [4.69, 9.17) is 9.47 Å². The van der Waals surface area contributed by atoms with Gasteiger partial charge in [0.2, 0.25) is 0 Å². The van der Waals surface area contributed by atoms with E-state index in [1.165, 1.54) is 44.9 Å². The number of aromatic nitrogens is 3. The molecule has 0 saturated heterocycles. The molecule has 4 rings (SSSR count). The number of fused-ring (bicyclic) bond motifs is 1. The fourth-order valence-electron chi connectivity index (χ4n) is 2.63. The standard InChI is InChI=1S/C17H17FN4O2S.C4H8/c1-19-16-15-9(8-20-17(22-15)25-4)5-12(21-16)11-6-10(23-2)7-13(24-3)14(11)18;1-4-2-3-4/h5-8H,1-4H3,(H,19,21);4H,2-3H2,1H3. The highest BCUT2D eigenvalue weighted by Gasteiger charge is 2.17. The molecule has 1 fully saturated rings. The number of thioether (sulfide) groups is 1. The van der Waals surface area contributed by atoms with E-state index in [0.29, 0.717) is 27.9 Å². The topological polar surface area (TPSA) is 69.2 Å². The van der Waals surface area contributed by atoms with Gasteiger partial charge in [-0.3, -0.25) is 0 Å². The van der Waals surface area contributed by atoms with E-state index in [-0.39, 0.29) is 11.3 Å². The number of methoxy groups -OCH3 is 2. The SMILES string of the molecule is CC1CC1.CNc1nc(-c2cc(OC)cc(OC)c2F)cc2cnc(SC)nc12. The lowest BCUT2D eigenvalue weighted by molar-refractivity contribution is 0.375. The molecule has 1 saturated carbocycles. The molecule has 1 aliphatic rings. The molecule has 6 nitrogen and oxygen atoms in total. The Morgan fingerprint density at radius 2 is 1.86 bits per heavy atom. The number of ether oxygens (including phenoxy) is 2. The number of nitrogens with zero attached hydrogens (tertiary/aromatic N) is 3. The monoisotopic (exact) mass is 416 g/mol. The van der Waals surface area contributed by atoms with Gasteiger partial charge in [0.15, 0.2) is 22.5 Å². The molecule has 1 aromatic carbocycles. The number of anilines is 1. The van der Waals surface area contributed by atoms with Gasteiger partial charge in [0, 0.05) is 30.3 Å². The van der Waals surface area contributed by atoms with Crippen LogP contribution in [0.3, 0.4) is 0 Å². The van der Waals surface area contributed by atoms with Crippen LogP contribution >= 0.6 is 11.8 Å². The smallest absolute Gasteiger partial charge is 0.187 e. The highest BCUT2D eigenvalue weighted by molar-refractivity contribution is 7.98. The first-order valence-corrected chi connectivity index (χ1v) is 10.5. The Bertz CT molecular complexity index is 1010. The lowest BCUT2D eigenvalue weighted by Gasteiger charge is -2.12. The van der Waals surface area contributed by atoms with Gasteiger partial charge in [-0.1, -0.05) is 31.5 Å². The average molecular weight is 417 g/mol. The Labute approximate surface area is 174 Å². The summed E-state index contributed by atoms with van der Waals surface area (Å²) in [5.41, 5.74) is 1.40. The number of benzene rings is 1. The van der Waals surface area contributed by atoms with Crippen LogP contribution in [0.2, 0.25) is 0 Å². The third kappa shape index (κ3) is 4.87. The highest BCUT2D eigenvalue weighted by atomic mass is 32.2. The van der Waals surface area contributed by atoms with Crippen LogP contribution in [-0.4, -0.2) is 42.5 Å². The van der Waals surface area contributed by atoms with Gasteiger partial charge in [0.05, 0.1) is 19.9 Å². The first kappa shape index (κ1) is 21.1. The van der Waals surface area contributed by atoms with Crippen molar-refractivity contribution in [1.82, 2.24) is 15.0 Å². The van der Waals surface area contributed by atoms with E-state index < -0.39 is 5.82 Å². The average Bonchev–Trinajstić information content (AvgIpc) is 3.55. The fraction of sp³-hybridized carbons (Fsp3) is 0.381. The van der Waals surface area contributed by atoms with E-state index in [2.05, 4.69) is 27.2 Å². The molecule has 29 heavy (non-hydrogen) atoms. The van der Waals surface area contributed by atoms with E-state index in [9.17, 15) is 4.39 Å². The molecule has 2 aromatic heterocycles. The lowest BCUT2D eigenvalue weighted by Crippen LogP contribution is -2.01. The van der Waals surface area contributed by atoms with Gasteiger partial charge in [-0.15, -0.1) is 0 Å². The minimum atomic E-state index is -0.501. The molecule has 8 heteroatoms. The van der Waals surface area contributed by atoms with Crippen LogP contribution in [-0.2, 0) is 0 Å². The van der Waals surface area contributed by atoms with Crippen LogP contribution in [0, 0.1) is 11.7 Å². The molecule has 154 valence electrons. The maximum atomic E-state index is 14.8. The summed E-state index contributed by atoms with van der Waals surface area (Å²) in [6.07, 6.45) is 6.58. The van der Waals surface area contributed by atoms with E-state index in [1.807, 2.05) is 6.26 Å². The van der Waals surface area contributed by atoms with Crippen LogP contribution < -0.4 is 14.8 Å². The second-order valence-electron chi connectivity index (χ2n) is 6.77. The summed E-state index contributed by atoms with van der Waals surface area (Å²) in [6.45, 7) is 2.28. The summed E-state index contributed by atoms with van der Waals surface area (Å²) in [7, 11) is 4.67. The zero-order valence-corrected chi connectivity index (χ0v) is 18.1. The van der Waals surface area contributed by atoms with Crippen molar-refractivity contribution in [1.29, 1.82) is 0 Å². The molecule has 2 heterocycles. The number of hydrogen-bond acceptors (Lipinski definition) is 7. The second-order valence-corrected chi connectivity index (χ2v) is 7.55. The molecule has 0 unspecified atom stereocenters. The quantitative estimate of drug-likeness (QED) is 0.462. The first-order valence-electron chi connectivity index (χ1n) is 9.32.